The lowest BCUT2D eigenvalue weighted by Gasteiger charge is -2.09. The van der Waals surface area contributed by atoms with Crippen LogP contribution in [0.3, 0.4) is 0 Å². The summed E-state index contributed by atoms with van der Waals surface area (Å²) in [6.07, 6.45) is 5.54. The molecule has 0 saturated heterocycles. The number of para-hydroxylation sites is 2. The first-order valence-electron chi connectivity index (χ1n) is 8.76. The maximum atomic E-state index is 12.7. The van der Waals surface area contributed by atoms with Gasteiger partial charge in [-0.05, 0) is 37.3 Å². The Kier molecular flexibility index (Phi) is 4.34. The van der Waals surface area contributed by atoms with E-state index >= 15 is 0 Å². The van der Waals surface area contributed by atoms with Crippen LogP contribution in [-0.4, -0.2) is 21.3 Å². The lowest BCUT2D eigenvalue weighted by atomic mass is 10.1. The van der Waals surface area contributed by atoms with Gasteiger partial charge < -0.3 is 9.13 Å². The summed E-state index contributed by atoms with van der Waals surface area (Å²) >= 11 is 0. The number of hydrogen-bond donors (Lipinski definition) is 1. The van der Waals surface area contributed by atoms with E-state index in [4.69, 9.17) is 0 Å². The zero-order valence-electron chi connectivity index (χ0n) is 15.3. The normalized spacial score (nSPS) is 11.3. The zero-order chi connectivity index (χ0) is 18.8. The third-order valence-electron chi connectivity index (χ3n) is 4.84. The molecule has 0 aliphatic carbocycles. The van der Waals surface area contributed by atoms with Crippen molar-refractivity contribution in [3.8, 4) is 5.69 Å². The van der Waals surface area contributed by atoms with Crippen LogP contribution in [0.15, 0.2) is 78.2 Å². The fraction of sp³-hybridized carbons (Fsp3) is 0.0909. The molecular weight excluding hydrogens is 336 g/mol. The molecule has 27 heavy (non-hydrogen) atoms. The van der Waals surface area contributed by atoms with Gasteiger partial charge in [-0.3, -0.25) is 4.79 Å². The van der Waals surface area contributed by atoms with E-state index in [1.165, 1.54) is 0 Å². The number of rotatable bonds is 4. The highest BCUT2D eigenvalue weighted by Gasteiger charge is 2.12. The van der Waals surface area contributed by atoms with Crippen LogP contribution in [0.25, 0.3) is 16.6 Å². The van der Waals surface area contributed by atoms with Crippen LogP contribution in [0.2, 0.25) is 0 Å². The summed E-state index contributed by atoms with van der Waals surface area (Å²) in [5.74, 6) is -0.242. The Balaban J connectivity index is 1.60. The molecule has 5 nitrogen and oxygen atoms in total. The zero-order valence-corrected chi connectivity index (χ0v) is 15.3. The summed E-state index contributed by atoms with van der Waals surface area (Å²) < 4.78 is 4.04. The third kappa shape index (κ3) is 3.04. The predicted octanol–water partition coefficient (Wildman–Crippen LogP) is 4.04. The standard InChI is InChI=1S/C22H20N4O/c1-16-19(17-9-3-5-11-20(17)25(16)2)15-23-24-22(27)18-10-4-6-12-21(18)26-13-7-8-14-26/h3-15H,1-2H3,(H,24,27). The molecule has 5 heteroatoms. The smallest absolute Gasteiger partial charge is 0.273 e. The number of fused-ring (bicyclic) bond motifs is 1. The summed E-state index contributed by atoms with van der Waals surface area (Å²) in [5.41, 5.74) is 7.29. The topological polar surface area (TPSA) is 51.3 Å². The van der Waals surface area contributed by atoms with Crippen molar-refractivity contribution >= 4 is 23.0 Å². The largest absolute Gasteiger partial charge is 0.347 e. The second-order valence-corrected chi connectivity index (χ2v) is 6.38. The number of nitrogens with one attached hydrogen (secondary N) is 1. The first-order chi connectivity index (χ1) is 13.2. The number of carbonyl (C=O) groups excluding carboxylic acids is 1. The Hall–Kier alpha value is -3.60. The second kappa shape index (κ2) is 6.96. The predicted molar refractivity (Wildman–Crippen MR) is 108 cm³/mol. The molecule has 1 N–H and O–H groups in total. The minimum absolute atomic E-state index is 0.242. The Labute approximate surface area is 157 Å². The molecule has 0 bridgehead atoms. The number of nitrogens with zero attached hydrogens (tertiary/aromatic N) is 3. The average Bonchev–Trinajstić information content (AvgIpc) is 3.32. The number of benzene rings is 2. The SMILES string of the molecule is Cc1c(C=NNC(=O)c2ccccc2-n2cccc2)c2ccccc2n1C. The van der Waals surface area contributed by atoms with E-state index in [1.807, 2.05) is 73.4 Å². The number of hydrogen-bond acceptors (Lipinski definition) is 2. The average molecular weight is 356 g/mol. The maximum Gasteiger partial charge on any atom is 0.273 e. The van der Waals surface area contributed by atoms with Crippen LogP contribution in [0.5, 0.6) is 0 Å². The van der Waals surface area contributed by atoms with Gasteiger partial charge in [0.25, 0.3) is 5.91 Å². The first kappa shape index (κ1) is 16.8. The van der Waals surface area contributed by atoms with E-state index in [9.17, 15) is 4.79 Å². The highest BCUT2D eigenvalue weighted by molar-refractivity contribution is 6.02. The summed E-state index contributed by atoms with van der Waals surface area (Å²) in [6.45, 7) is 2.05. The summed E-state index contributed by atoms with van der Waals surface area (Å²) in [4.78, 5) is 12.7. The van der Waals surface area contributed by atoms with Gasteiger partial charge >= 0.3 is 0 Å². The van der Waals surface area contributed by atoms with E-state index in [0.717, 1.165) is 27.8 Å². The van der Waals surface area contributed by atoms with Gasteiger partial charge in [-0.1, -0.05) is 30.3 Å². The molecule has 0 atom stereocenters. The quantitative estimate of drug-likeness (QED) is 0.435. The highest BCUT2D eigenvalue weighted by Crippen LogP contribution is 2.23. The molecule has 0 spiro atoms. The molecule has 0 aliphatic heterocycles. The van der Waals surface area contributed by atoms with Crippen LogP contribution < -0.4 is 5.43 Å². The fourth-order valence-electron chi connectivity index (χ4n) is 3.31. The second-order valence-electron chi connectivity index (χ2n) is 6.38. The molecular formula is C22H20N4O. The minimum atomic E-state index is -0.242. The molecule has 0 radical (unpaired) electrons. The van der Waals surface area contributed by atoms with Crippen LogP contribution >= 0.6 is 0 Å². The Morgan fingerprint density at radius 3 is 2.52 bits per heavy atom. The Morgan fingerprint density at radius 1 is 1.00 bits per heavy atom. The van der Waals surface area contributed by atoms with Crippen molar-refractivity contribution in [3.05, 3.63) is 89.9 Å². The summed E-state index contributed by atoms with van der Waals surface area (Å²) in [6, 6.07) is 19.5. The van der Waals surface area contributed by atoms with Crippen molar-refractivity contribution in [1.29, 1.82) is 0 Å². The van der Waals surface area contributed by atoms with E-state index in [0.29, 0.717) is 5.56 Å². The number of aryl methyl sites for hydroxylation is 1. The van der Waals surface area contributed by atoms with Crippen LogP contribution in [0.4, 0.5) is 0 Å². The molecule has 0 unspecified atom stereocenters. The van der Waals surface area contributed by atoms with E-state index in [1.54, 1.807) is 12.3 Å². The molecule has 0 aliphatic rings. The monoisotopic (exact) mass is 356 g/mol. The van der Waals surface area contributed by atoms with Gasteiger partial charge in [0.1, 0.15) is 0 Å². The molecule has 134 valence electrons. The molecule has 1 amide bonds. The van der Waals surface area contributed by atoms with Gasteiger partial charge in [0.05, 0.1) is 17.5 Å². The van der Waals surface area contributed by atoms with Crippen molar-refractivity contribution in [2.24, 2.45) is 12.1 Å². The lowest BCUT2D eigenvalue weighted by Crippen LogP contribution is -2.19. The lowest BCUT2D eigenvalue weighted by molar-refractivity contribution is 0.0955. The van der Waals surface area contributed by atoms with Crippen LogP contribution in [-0.2, 0) is 7.05 Å². The van der Waals surface area contributed by atoms with Gasteiger partial charge in [-0.15, -0.1) is 0 Å². The summed E-state index contributed by atoms with van der Waals surface area (Å²) in [7, 11) is 2.03. The van der Waals surface area contributed by atoms with E-state index in [2.05, 4.69) is 27.2 Å². The van der Waals surface area contributed by atoms with Gasteiger partial charge in [0, 0.05) is 41.6 Å². The van der Waals surface area contributed by atoms with Crippen molar-refractivity contribution in [3.63, 3.8) is 0 Å². The van der Waals surface area contributed by atoms with Crippen molar-refractivity contribution in [2.45, 2.75) is 6.92 Å². The Morgan fingerprint density at radius 2 is 1.70 bits per heavy atom. The first-order valence-corrected chi connectivity index (χ1v) is 8.76. The van der Waals surface area contributed by atoms with Crippen LogP contribution in [0, 0.1) is 6.92 Å². The number of carbonyl (C=O) groups is 1. The van der Waals surface area contributed by atoms with Gasteiger partial charge in [0.15, 0.2) is 0 Å². The van der Waals surface area contributed by atoms with Gasteiger partial charge in [-0.2, -0.15) is 5.10 Å². The number of aromatic nitrogens is 2. The molecule has 0 saturated carbocycles. The number of hydrazone groups is 1. The Bertz CT molecular complexity index is 1140. The third-order valence-corrected chi connectivity index (χ3v) is 4.84. The minimum Gasteiger partial charge on any atom is -0.347 e. The van der Waals surface area contributed by atoms with Crippen LogP contribution in [0.1, 0.15) is 21.6 Å². The van der Waals surface area contributed by atoms with Crippen molar-refractivity contribution in [2.75, 3.05) is 0 Å². The molecule has 4 rings (SSSR count). The highest BCUT2D eigenvalue weighted by atomic mass is 16.2. The molecule has 2 heterocycles. The molecule has 4 aromatic rings. The maximum absolute atomic E-state index is 12.7. The van der Waals surface area contributed by atoms with E-state index in [-0.39, 0.29) is 5.91 Å². The fourth-order valence-corrected chi connectivity index (χ4v) is 3.31. The van der Waals surface area contributed by atoms with E-state index < -0.39 is 0 Å². The van der Waals surface area contributed by atoms with Crippen molar-refractivity contribution in [1.82, 2.24) is 14.6 Å². The molecule has 2 aromatic carbocycles. The van der Waals surface area contributed by atoms with Gasteiger partial charge in [-0.25, -0.2) is 5.43 Å². The summed E-state index contributed by atoms with van der Waals surface area (Å²) in [5, 5.41) is 5.33. The molecule has 0 fully saturated rings. The number of amides is 1. The van der Waals surface area contributed by atoms with Crippen molar-refractivity contribution < 1.29 is 4.79 Å². The van der Waals surface area contributed by atoms with Gasteiger partial charge in [0.2, 0.25) is 0 Å². The molecule has 2 aromatic heterocycles.